The molecule has 0 atom stereocenters. The summed E-state index contributed by atoms with van der Waals surface area (Å²) in [5.41, 5.74) is 0.974. The monoisotopic (exact) mass is 708 g/mol. The maximum absolute atomic E-state index is 13.6. The van der Waals surface area contributed by atoms with Crippen LogP contribution in [0.1, 0.15) is 33.7 Å². The molecule has 210 valence electrons. The molecule has 0 saturated heterocycles. The van der Waals surface area contributed by atoms with E-state index in [1.165, 1.54) is 46.5 Å². The smallest absolute Gasteiger partial charge is 0.262 e. The van der Waals surface area contributed by atoms with Gasteiger partial charge in [0.05, 0.1) is 26.0 Å². The summed E-state index contributed by atoms with van der Waals surface area (Å²) in [5.74, 6) is -1.58. The van der Waals surface area contributed by atoms with E-state index < -0.39 is 28.8 Å². The maximum atomic E-state index is 13.6. The first kappa shape index (κ1) is 30.0. The fourth-order valence-corrected chi connectivity index (χ4v) is 6.33. The topological polar surface area (TPSA) is 104 Å². The van der Waals surface area contributed by atoms with E-state index in [0.29, 0.717) is 26.9 Å². The molecule has 0 bridgehead atoms. The fraction of sp³-hybridized carbons (Fsp3) is 0.259. The Kier molecular flexibility index (Phi) is 8.60. The molecule has 2 heterocycles. The average Bonchev–Trinajstić information content (AvgIpc) is 2.91. The van der Waals surface area contributed by atoms with Crippen LogP contribution in [0.2, 0.25) is 0 Å². The van der Waals surface area contributed by atoms with Crippen molar-refractivity contribution in [2.24, 2.45) is 28.2 Å². The van der Waals surface area contributed by atoms with E-state index >= 15 is 0 Å². The molecule has 0 saturated carbocycles. The first-order valence-electron chi connectivity index (χ1n) is 11.9. The number of aromatic hydroxyl groups is 2. The van der Waals surface area contributed by atoms with Crippen molar-refractivity contribution < 1.29 is 14.9 Å². The molecule has 4 rings (SSSR count). The lowest BCUT2D eigenvalue weighted by Crippen LogP contribution is -2.33. The largest absolute Gasteiger partial charge is 0.494 e. The number of aryl methyl sites for hydroxylation is 1. The van der Waals surface area contributed by atoms with Gasteiger partial charge < -0.3 is 14.9 Å². The lowest BCUT2D eigenvalue weighted by atomic mass is 9.86. The molecule has 0 radical (unpaired) electrons. The summed E-state index contributed by atoms with van der Waals surface area (Å²) < 4.78 is 12.2. The lowest BCUT2D eigenvalue weighted by Gasteiger charge is -2.24. The minimum Gasteiger partial charge on any atom is -0.494 e. The third kappa shape index (κ3) is 5.22. The van der Waals surface area contributed by atoms with Crippen molar-refractivity contribution in [1.29, 1.82) is 0 Å². The Hall–Kier alpha value is -3.00. The highest BCUT2D eigenvalue weighted by Gasteiger charge is 2.33. The summed E-state index contributed by atoms with van der Waals surface area (Å²) >= 11 is 17.7. The van der Waals surface area contributed by atoms with Crippen molar-refractivity contribution in [2.45, 2.75) is 19.4 Å². The van der Waals surface area contributed by atoms with Gasteiger partial charge in [-0.2, -0.15) is 0 Å². The van der Waals surface area contributed by atoms with Crippen molar-refractivity contribution in [2.75, 3.05) is 0 Å². The Morgan fingerprint density at radius 1 is 0.825 bits per heavy atom. The number of halogens is 2. The van der Waals surface area contributed by atoms with E-state index in [1.54, 1.807) is 12.1 Å². The number of aromatic nitrogens is 4. The van der Waals surface area contributed by atoms with Gasteiger partial charge in [0.1, 0.15) is 12.4 Å². The van der Waals surface area contributed by atoms with Crippen molar-refractivity contribution in [3.63, 3.8) is 0 Å². The first-order valence-corrected chi connectivity index (χ1v) is 14.3. The zero-order valence-corrected chi connectivity index (χ0v) is 27.0. The van der Waals surface area contributed by atoms with Gasteiger partial charge in [-0.25, -0.2) is 0 Å². The summed E-state index contributed by atoms with van der Waals surface area (Å²) in [6.07, 6.45) is 0. The van der Waals surface area contributed by atoms with E-state index in [9.17, 15) is 19.8 Å². The molecule has 4 aromatic rings. The Morgan fingerprint density at radius 3 is 1.75 bits per heavy atom. The van der Waals surface area contributed by atoms with Gasteiger partial charge in [-0.3, -0.25) is 27.9 Å². The number of hydrogen-bond acceptors (Lipinski definition) is 7. The Bertz CT molecular complexity index is 1800. The maximum Gasteiger partial charge on any atom is 0.262 e. The van der Waals surface area contributed by atoms with Crippen molar-refractivity contribution in [3.8, 4) is 17.5 Å². The quantitative estimate of drug-likeness (QED) is 0.265. The lowest BCUT2D eigenvalue weighted by molar-refractivity contribution is 0.302. The zero-order chi connectivity index (χ0) is 29.6. The van der Waals surface area contributed by atoms with E-state index in [-0.39, 0.29) is 20.7 Å². The van der Waals surface area contributed by atoms with Gasteiger partial charge in [-0.15, -0.1) is 0 Å². The molecular formula is C27H26Br2N4O5S2. The molecule has 2 N–H and O–H groups in total. The van der Waals surface area contributed by atoms with Crippen LogP contribution in [0.4, 0.5) is 0 Å². The molecule has 9 nitrogen and oxygen atoms in total. The summed E-state index contributed by atoms with van der Waals surface area (Å²) in [7, 11) is 5.97. The van der Waals surface area contributed by atoms with Gasteiger partial charge in [0.25, 0.3) is 11.1 Å². The van der Waals surface area contributed by atoms with Crippen molar-refractivity contribution in [3.05, 3.63) is 103 Å². The number of nitrogens with zero attached hydrogens (tertiary/aromatic N) is 4. The SMILES string of the molecule is Cc1cccc(COc2c(Br)cc(C(c3c(O)n(C)c(=S)n(C)c3=O)c3c(O)n(C)c(=S)n(C)c3=O)cc2Br)c1. The Labute approximate surface area is 256 Å². The normalized spacial score (nSPS) is 11.3. The van der Waals surface area contributed by atoms with E-state index in [0.717, 1.165) is 11.1 Å². The van der Waals surface area contributed by atoms with Crippen LogP contribution in [0.5, 0.6) is 17.5 Å². The molecule has 40 heavy (non-hydrogen) atoms. The number of benzene rings is 2. The number of hydrogen-bond donors (Lipinski definition) is 2. The van der Waals surface area contributed by atoms with Crippen LogP contribution in [0.15, 0.2) is 54.9 Å². The second-order valence-electron chi connectivity index (χ2n) is 9.41. The number of rotatable bonds is 6. The van der Waals surface area contributed by atoms with Gasteiger partial charge in [-0.05, 0) is 86.5 Å². The molecule has 0 unspecified atom stereocenters. The first-order chi connectivity index (χ1) is 18.8. The molecule has 2 aromatic heterocycles. The molecular weight excluding hydrogens is 684 g/mol. The molecule has 0 amide bonds. The molecule has 2 aromatic carbocycles. The fourth-order valence-electron chi connectivity index (χ4n) is 4.54. The summed E-state index contributed by atoms with van der Waals surface area (Å²) in [6, 6.07) is 11.3. The third-order valence-corrected chi connectivity index (χ3v) is 9.01. The predicted octanol–water partition coefficient (Wildman–Crippen LogP) is 5.22. The number of ether oxygens (including phenoxy) is 1. The van der Waals surface area contributed by atoms with E-state index in [4.69, 9.17) is 29.2 Å². The third-order valence-electron chi connectivity index (χ3n) is 6.73. The van der Waals surface area contributed by atoms with Crippen LogP contribution in [-0.2, 0) is 34.8 Å². The van der Waals surface area contributed by atoms with Crippen molar-refractivity contribution >= 4 is 56.3 Å². The van der Waals surface area contributed by atoms with Crippen LogP contribution in [0.3, 0.4) is 0 Å². The molecule has 0 aliphatic carbocycles. The van der Waals surface area contributed by atoms with Crippen LogP contribution in [-0.4, -0.2) is 28.5 Å². The molecule has 0 aliphatic rings. The average molecular weight is 710 g/mol. The van der Waals surface area contributed by atoms with Crippen LogP contribution >= 0.6 is 56.3 Å². The molecule has 0 aliphatic heterocycles. The highest BCUT2D eigenvalue weighted by molar-refractivity contribution is 9.11. The molecule has 0 fully saturated rings. The Morgan fingerprint density at radius 2 is 1.30 bits per heavy atom. The molecule has 0 spiro atoms. The standard InChI is InChI=1S/C27H26Br2N4O5S2/c1-13-7-6-8-14(9-13)12-38-21-16(28)10-15(11-17(21)29)18(19-22(34)30(2)26(39)31(3)23(19)35)20-24(36)32(4)27(40)33(5)25(20)37/h6-11,18,34,36H,12H2,1-5H3. The van der Waals surface area contributed by atoms with Gasteiger partial charge >= 0.3 is 0 Å². The predicted molar refractivity (Wildman–Crippen MR) is 165 cm³/mol. The van der Waals surface area contributed by atoms with Crippen LogP contribution < -0.4 is 15.9 Å². The highest BCUT2D eigenvalue weighted by Crippen LogP contribution is 2.42. The van der Waals surface area contributed by atoms with Crippen molar-refractivity contribution in [1.82, 2.24) is 18.3 Å². The Balaban J connectivity index is 2.00. The highest BCUT2D eigenvalue weighted by atomic mass is 79.9. The summed E-state index contributed by atoms with van der Waals surface area (Å²) in [5, 5.41) is 22.4. The van der Waals surface area contributed by atoms with Gasteiger partial charge in [-0.1, -0.05) is 29.8 Å². The van der Waals surface area contributed by atoms with E-state index in [1.807, 2.05) is 31.2 Å². The van der Waals surface area contributed by atoms with Gasteiger partial charge in [0.15, 0.2) is 9.54 Å². The van der Waals surface area contributed by atoms with E-state index in [2.05, 4.69) is 31.9 Å². The minimum absolute atomic E-state index is 0.0795. The minimum atomic E-state index is -1.21. The van der Waals surface area contributed by atoms with Gasteiger partial charge in [0.2, 0.25) is 11.8 Å². The molecule has 13 heteroatoms. The van der Waals surface area contributed by atoms with Crippen LogP contribution in [0.25, 0.3) is 0 Å². The summed E-state index contributed by atoms with van der Waals surface area (Å²) in [4.78, 5) is 27.2. The second-order valence-corrected chi connectivity index (χ2v) is 11.8. The second kappa shape index (κ2) is 11.5. The van der Waals surface area contributed by atoms with Crippen LogP contribution in [0, 0.1) is 16.5 Å². The zero-order valence-electron chi connectivity index (χ0n) is 22.2. The summed E-state index contributed by atoms with van der Waals surface area (Å²) in [6.45, 7) is 2.30. The van der Waals surface area contributed by atoms with Gasteiger partial charge in [0, 0.05) is 28.2 Å².